The highest BCUT2D eigenvalue weighted by Crippen LogP contribution is 2.20. The molecular weight excluding hydrogens is 185 g/mol. The van der Waals surface area contributed by atoms with E-state index in [0.29, 0.717) is 4.58 Å². The molecule has 72 valence electrons. The maximum atomic E-state index is 12.3. The summed E-state index contributed by atoms with van der Waals surface area (Å²) in [4.78, 5) is 0. The molecule has 2 nitrogen and oxygen atoms in total. The third-order valence-corrected chi connectivity index (χ3v) is 0.852. The topological polar surface area (TPSA) is 12.2 Å². The molecule has 0 amide bonds. The summed E-state index contributed by atoms with van der Waals surface area (Å²) >= 11 is 0. The van der Waals surface area contributed by atoms with Crippen LogP contribution < -0.4 is 0 Å². The van der Waals surface area contributed by atoms with Crippen LogP contribution in [0.4, 0.5) is 22.0 Å². The van der Waals surface area contributed by atoms with Gasteiger partial charge in [0.25, 0.3) is 0 Å². The molecule has 0 radical (unpaired) electrons. The Morgan fingerprint density at radius 1 is 1.33 bits per heavy atom. The van der Waals surface area contributed by atoms with Crippen molar-refractivity contribution in [3.05, 3.63) is 0 Å². The minimum Gasteiger partial charge on any atom is -0.244 e. The average molecular weight is 192 g/mol. The number of hydrogen-bond donors (Lipinski definition) is 0. The lowest BCUT2D eigenvalue weighted by Crippen LogP contribution is -2.29. The van der Waals surface area contributed by atoms with Gasteiger partial charge in [0.2, 0.25) is 0 Å². The molecule has 1 unspecified atom stereocenters. The standard InChI is InChI=1S/C5H7F5NO/c1-11(2)3(6)4(7)12-5(8,9)10/h4H,1-2H3/q+1. The van der Waals surface area contributed by atoms with Crippen molar-refractivity contribution >= 4 is 5.97 Å². The van der Waals surface area contributed by atoms with E-state index in [1.807, 2.05) is 0 Å². The highest BCUT2D eigenvalue weighted by molar-refractivity contribution is 5.72. The lowest BCUT2D eigenvalue weighted by atomic mass is 10.6. The summed E-state index contributed by atoms with van der Waals surface area (Å²) in [6, 6.07) is 0. The second-order valence-corrected chi connectivity index (χ2v) is 2.10. The molecule has 0 aromatic rings. The Bertz CT molecular complexity index is 183. The molecule has 0 fully saturated rings. The van der Waals surface area contributed by atoms with Crippen molar-refractivity contribution in [1.82, 2.24) is 0 Å². The minimum atomic E-state index is -5.17. The monoisotopic (exact) mass is 192 g/mol. The van der Waals surface area contributed by atoms with Gasteiger partial charge in [-0.25, -0.2) is 13.7 Å². The molecule has 0 heterocycles. The summed E-state index contributed by atoms with van der Waals surface area (Å²) in [5.41, 5.74) is 0. The SMILES string of the molecule is C[N+](C)=C(F)C(F)OC(F)(F)F. The molecule has 7 heteroatoms. The zero-order chi connectivity index (χ0) is 9.94. The second-order valence-electron chi connectivity index (χ2n) is 2.10. The van der Waals surface area contributed by atoms with Crippen LogP contribution in [0.2, 0.25) is 0 Å². The van der Waals surface area contributed by atoms with Gasteiger partial charge < -0.3 is 0 Å². The van der Waals surface area contributed by atoms with Crippen molar-refractivity contribution in [2.45, 2.75) is 12.7 Å². The zero-order valence-electron chi connectivity index (χ0n) is 6.32. The molecule has 0 saturated carbocycles. The Hall–Kier alpha value is -0.720. The molecule has 0 saturated heterocycles. The normalized spacial score (nSPS) is 14.2. The number of halogens is 5. The van der Waals surface area contributed by atoms with Crippen LogP contribution >= 0.6 is 0 Å². The van der Waals surface area contributed by atoms with Crippen LogP contribution in [-0.2, 0) is 4.74 Å². The van der Waals surface area contributed by atoms with Gasteiger partial charge >= 0.3 is 18.7 Å². The fraction of sp³-hybridized carbons (Fsp3) is 0.800. The predicted octanol–water partition coefficient (Wildman–Crippen LogP) is 1.46. The summed E-state index contributed by atoms with van der Waals surface area (Å²) in [6.45, 7) is 0. The first-order valence-corrected chi connectivity index (χ1v) is 2.82. The van der Waals surface area contributed by atoms with E-state index >= 15 is 0 Å². The van der Waals surface area contributed by atoms with E-state index in [0.717, 1.165) is 14.1 Å². The molecule has 0 aliphatic rings. The molecule has 12 heavy (non-hydrogen) atoms. The number of alkyl halides is 4. The van der Waals surface area contributed by atoms with Crippen molar-refractivity contribution in [2.24, 2.45) is 0 Å². The van der Waals surface area contributed by atoms with E-state index in [1.165, 1.54) is 0 Å². The van der Waals surface area contributed by atoms with E-state index in [-0.39, 0.29) is 0 Å². The summed E-state index contributed by atoms with van der Waals surface area (Å²) in [5.74, 6) is -1.63. The van der Waals surface area contributed by atoms with Crippen molar-refractivity contribution in [2.75, 3.05) is 14.1 Å². The van der Waals surface area contributed by atoms with Gasteiger partial charge in [-0.1, -0.05) is 0 Å². The average Bonchev–Trinajstić information content (AvgIpc) is 1.82. The third kappa shape index (κ3) is 4.22. The second kappa shape index (κ2) is 3.79. The van der Waals surface area contributed by atoms with Crippen molar-refractivity contribution in [1.29, 1.82) is 0 Å². The molecule has 0 aromatic heterocycles. The Morgan fingerprint density at radius 3 is 2.00 bits per heavy atom. The van der Waals surface area contributed by atoms with E-state index in [4.69, 9.17) is 0 Å². The molecular formula is C5H7F5NO+. The van der Waals surface area contributed by atoms with Gasteiger partial charge in [0, 0.05) is 0 Å². The predicted molar refractivity (Wildman–Crippen MR) is 30.3 cm³/mol. The number of ether oxygens (including phenoxy) is 1. The van der Waals surface area contributed by atoms with Crippen LogP contribution in [0, 0.1) is 0 Å². The van der Waals surface area contributed by atoms with Crippen LogP contribution in [0.15, 0.2) is 0 Å². The first-order valence-electron chi connectivity index (χ1n) is 2.82. The van der Waals surface area contributed by atoms with Crippen molar-refractivity contribution in [3.8, 4) is 0 Å². The van der Waals surface area contributed by atoms with E-state index in [1.54, 1.807) is 0 Å². The molecule has 0 spiro atoms. The van der Waals surface area contributed by atoms with Gasteiger partial charge in [-0.15, -0.1) is 17.6 Å². The van der Waals surface area contributed by atoms with Crippen LogP contribution in [0.5, 0.6) is 0 Å². The molecule has 0 aliphatic carbocycles. The molecule has 1 atom stereocenters. The van der Waals surface area contributed by atoms with Crippen LogP contribution in [0.3, 0.4) is 0 Å². The van der Waals surface area contributed by atoms with Gasteiger partial charge in [0.1, 0.15) is 14.1 Å². The third-order valence-electron chi connectivity index (χ3n) is 0.852. The van der Waals surface area contributed by atoms with E-state index < -0.39 is 18.7 Å². The maximum absolute atomic E-state index is 12.3. The molecule has 0 aliphatic heterocycles. The van der Waals surface area contributed by atoms with E-state index in [9.17, 15) is 22.0 Å². The quantitative estimate of drug-likeness (QED) is 0.366. The Morgan fingerprint density at radius 2 is 1.75 bits per heavy atom. The molecule has 0 bridgehead atoms. The van der Waals surface area contributed by atoms with Crippen LogP contribution in [0.1, 0.15) is 0 Å². The van der Waals surface area contributed by atoms with Gasteiger partial charge in [-0.3, -0.25) is 0 Å². The minimum absolute atomic E-state index is 0.552. The lowest BCUT2D eigenvalue weighted by molar-refractivity contribution is -0.479. The van der Waals surface area contributed by atoms with Gasteiger partial charge in [0.05, 0.1) is 0 Å². The summed E-state index contributed by atoms with van der Waals surface area (Å²) in [6.07, 6.45) is -8.27. The fourth-order valence-corrected chi connectivity index (χ4v) is 0.369. The first kappa shape index (κ1) is 11.3. The summed E-state index contributed by atoms with van der Waals surface area (Å²) in [7, 11) is 2.11. The van der Waals surface area contributed by atoms with Crippen LogP contribution in [-0.4, -0.2) is 37.4 Å². The van der Waals surface area contributed by atoms with Gasteiger partial charge in [0.15, 0.2) is 0 Å². The Labute approximate surface area is 65.2 Å². The van der Waals surface area contributed by atoms with Gasteiger partial charge in [-0.2, -0.15) is 0 Å². The lowest BCUT2D eigenvalue weighted by Gasteiger charge is -2.07. The number of nitrogens with zero attached hydrogens (tertiary/aromatic N) is 1. The van der Waals surface area contributed by atoms with E-state index in [2.05, 4.69) is 4.74 Å². The summed E-state index contributed by atoms with van der Waals surface area (Å²) < 4.78 is 61.5. The number of hydrogen-bond acceptors (Lipinski definition) is 1. The largest absolute Gasteiger partial charge is 0.525 e. The number of rotatable bonds is 2. The molecule has 0 N–H and O–H groups in total. The van der Waals surface area contributed by atoms with Crippen LogP contribution in [0.25, 0.3) is 0 Å². The Balaban J connectivity index is 4.24. The van der Waals surface area contributed by atoms with Gasteiger partial charge in [-0.05, 0) is 0 Å². The summed E-state index contributed by atoms with van der Waals surface area (Å²) in [5, 5.41) is 0. The fourth-order valence-electron chi connectivity index (χ4n) is 0.369. The smallest absolute Gasteiger partial charge is 0.244 e. The Kier molecular flexibility index (Phi) is 3.56. The molecule has 0 rings (SSSR count). The zero-order valence-corrected chi connectivity index (χ0v) is 6.32. The first-order chi connectivity index (χ1) is 5.24. The molecule has 0 aromatic carbocycles. The highest BCUT2D eigenvalue weighted by atomic mass is 19.4. The van der Waals surface area contributed by atoms with Crippen molar-refractivity contribution in [3.63, 3.8) is 0 Å². The maximum Gasteiger partial charge on any atom is 0.525 e. The van der Waals surface area contributed by atoms with Crippen molar-refractivity contribution < 1.29 is 31.3 Å². The highest BCUT2D eigenvalue weighted by Gasteiger charge is 2.38.